The Morgan fingerprint density at radius 1 is 1.32 bits per heavy atom. The Morgan fingerprint density at radius 2 is 2.18 bits per heavy atom. The number of nitrogens with zero attached hydrogens (tertiary/aromatic N) is 3. The van der Waals surface area contributed by atoms with Gasteiger partial charge in [0, 0.05) is 42.8 Å². The Morgan fingerprint density at radius 3 is 3.00 bits per heavy atom. The van der Waals surface area contributed by atoms with E-state index >= 15 is 0 Å². The zero-order valence-corrected chi connectivity index (χ0v) is 15.6. The lowest BCUT2D eigenvalue weighted by Crippen LogP contribution is -2.29. The summed E-state index contributed by atoms with van der Waals surface area (Å²) in [6.07, 6.45) is 5.87. The molecule has 7 nitrogen and oxygen atoms in total. The predicted molar refractivity (Wildman–Crippen MR) is 108 cm³/mol. The van der Waals surface area contributed by atoms with Crippen LogP contribution in [0, 0.1) is 0 Å². The molecule has 2 aliphatic heterocycles. The van der Waals surface area contributed by atoms with Gasteiger partial charge in [0.25, 0.3) is 5.91 Å². The van der Waals surface area contributed by atoms with Gasteiger partial charge in [0.2, 0.25) is 6.41 Å². The van der Waals surface area contributed by atoms with Crippen LogP contribution in [0.5, 0.6) is 0 Å². The average molecular weight is 375 g/mol. The molecule has 0 atom stereocenters. The topological polar surface area (TPSA) is 101 Å². The molecule has 7 heteroatoms. The summed E-state index contributed by atoms with van der Waals surface area (Å²) in [4.78, 5) is 34.3. The fraction of sp³-hybridized carbons (Fsp3) is 0.238. The summed E-state index contributed by atoms with van der Waals surface area (Å²) >= 11 is 0. The van der Waals surface area contributed by atoms with Crippen LogP contribution >= 0.6 is 0 Å². The van der Waals surface area contributed by atoms with Crippen LogP contribution in [0.3, 0.4) is 0 Å². The second kappa shape index (κ2) is 7.26. The molecular weight excluding hydrogens is 354 g/mol. The number of anilines is 1. The standard InChI is InChI=1S/C21H21N5O2/c1-13-6-14-2-3-15(9-19(14)25-20(22)7-13)21(28)24-17-8-16-11-26(12-27)5-4-18(16)23-10-17/h2-3,6,8-10,12H,4-5,7,11H2,1H3,(H2,22,25)(H,24,28). The van der Waals surface area contributed by atoms with Gasteiger partial charge in [-0.2, -0.15) is 0 Å². The monoisotopic (exact) mass is 375 g/mol. The van der Waals surface area contributed by atoms with Crippen LogP contribution in [-0.4, -0.2) is 34.6 Å². The maximum atomic E-state index is 12.7. The van der Waals surface area contributed by atoms with Crippen molar-refractivity contribution in [1.29, 1.82) is 0 Å². The molecule has 0 saturated heterocycles. The number of aliphatic imine (C=N–C) groups is 1. The molecular formula is C21H21N5O2. The second-order valence-electron chi connectivity index (χ2n) is 7.15. The van der Waals surface area contributed by atoms with E-state index in [1.54, 1.807) is 23.2 Å². The fourth-order valence-electron chi connectivity index (χ4n) is 3.51. The number of carbonyl (C=O) groups excluding carboxylic acids is 2. The van der Waals surface area contributed by atoms with E-state index in [9.17, 15) is 9.59 Å². The van der Waals surface area contributed by atoms with Crippen molar-refractivity contribution < 1.29 is 9.59 Å². The van der Waals surface area contributed by atoms with E-state index < -0.39 is 0 Å². The second-order valence-corrected chi connectivity index (χ2v) is 7.15. The number of hydrogen-bond acceptors (Lipinski definition) is 5. The van der Waals surface area contributed by atoms with Crippen LogP contribution in [0.2, 0.25) is 0 Å². The lowest BCUT2D eigenvalue weighted by molar-refractivity contribution is -0.118. The van der Waals surface area contributed by atoms with E-state index in [2.05, 4.69) is 15.3 Å². The van der Waals surface area contributed by atoms with Gasteiger partial charge in [0.05, 0.1) is 17.6 Å². The Labute approximate surface area is 163 Å². The number of benzene rings is 1. The highest BCUT2D eigenvalue weighted by atomic mass is 16.1. The number of amides is 2. The molecule has 0 unspecified atom stereocenters. The third kappa shape index (κ3) is 3.64. The van der Waals surface area contributed by atoms with Crippen LogP contribution < -0.4 is 11.1 Å². The molecule has 2 aliphatic rings. The highest BCUT2D eigenvalue weighted by Gasteiger charge is 2.17. The summed E-state index contributed by atoms with van der Waals surface area (Å²) in [6, 6.07) is 7.27. The lowest BCUT2D eigenvalue weighted by atomic mass is 10.0. The summed E-state index contributed by atoms with van der Waals surface area (Å²) in [7, 11) is 0. The van der Waals surface area contributed by atoms with E-state index in [0.29, 0.717) is 42.3 Å². The number of nitrogens with one attached hydrogen (secondary N) is 1. The van der Waals surface area contributed by atoms with Crippen molar-refractivity contribution in [2.45, 2.75) is 26.3 Å². The number of hydrogen-bond donors (Lipinski definition) is 2. The minimum atomic E-state index is -0.244. The first kappa shape index (κ1) is 17.9. The molecule has 3 N–H and O–H groups in total. The number of fused-ring (bicyclic) bond motifs is 2. The van der Waals surface area contributed by atoms with Gasteiger partial charge < -0.3 is 16.0 Å². The SMILES string of the molecule is CC1=Cc2ccc(C(=O)Nc3cnc4c(c3)CN(C=O)CC4)cc2N=C(N)C1. The summed E-state index contributed by atoms with van der Waals surface area (Å²) in [5.41, 5.74) is 11.7. The van der Waals surface area contributed by atoms with Crippen molar-refractivity contribution in [2.24, 2.45) is 10.7 Å². The highest BCUT2D eigenvalue weighted by molar-refractivity contribution is 6.05. The zero-order chi connectivity index (χ0) is 19.7. The fourth-order valence-corrected chi connectivity index (χ4v) is 3.51. The number of rotatable bonds is 3. The predicted octanol–water partition coefficient (Wildman–Crippen LogP) is 2.64. The molecule has 3 heterocycles. The molecule has 1 aromatic heterocycles. The molecule has 2 amide bonds. The Kier molecular flexibility index (Phi) is 4.65. The van der Waals surface area contributed by atoms with Crippen molar-refractivity contribution in [3.8, 4) is 0 Å². The van der Waals surface area contributed by atoms with Gasteiger partial charge in [-0.3, -0.25) is 14.6 Å². The Bertz CT molecular complexity index is 1030. The average Bonchev–Trinajstić information content (AvgIpc) is 2.82. The van der Waals surface area contributed by atoms with E-state index in [0.717, 1.165) is 35.2 Å². The summed E-state index contributed by atoms with van der Waals surface area (Å²) < 4.78 is 0. The van der Waals surface area contributed by atoms with Gasteiger partial charge in [0.15, 0.2) is 0 Å². The van der Waals surface area contributed by atoms with Crippen LogP contribution in [0.1, 0.15) is 40.5 Å². The minimum Gasteiger partial charge on any atom is -0.387 e. The molecule has 0 radical (unpaired) electrons. The van der Waals surface area contributed by atoms with Crippen LogP contribution in [0.25, 0.3) is 6.08 Å². The van der Waals surface area contributed by atoms with Gasteiger partial charge in [-0.15, -0.1) is 0 Å². The summed E-state index contributed by atoms with van der Waals surface area (Å²) in [5.74, 6) is 0.287. The molecule has 1 aromatic carbocycles. The molecule has 0 fully saturated rings. The van der Waals surface area contributed by atoms with Crippen LogP contribution in [-0.2, 0) is 17.8 Å². The van der Waals surface area contributed by atoms with Crippen LogP contribution in [0.4, 0.5) is 11.4 Å². The number of amidine groups is 1. The zero-order valence-electron chi connectivity index (χ0n) is 15.6. The van der Waals surface area contributed by atoms with Crippen LogP contribution in [0.15, 0.2) is 41.0 Å². The number of nitrogens with two attached hydrogens (primary N) is 1. The lowest BCUT2D eigenvalue weighted by Gasteiger charge is -2.24. The molecule has 0 spiro atoms. The van der Waals surface area contributed by atoms with Crippen molar-refractivity contribution in [3.63, 3.8) is 0 Å². The van der Waals surface area contributed by atoms with E-state index in [1.807, 2.05) is 25.1 Å². The Hall–Kier alpha value is -3.48. The van der Waals surface area contributed by atoms with Crippen molar-refractivity contribution >= 4 is 35.6 Å². The number of aromatic nitrogens is 1. The molecule has 2 aromatic rings. The summed E-state index contributed by atoms with van der Waals surface area (Å²) in [6.45, 7) is 3.18. The normalized spacial score (nSPS) is 15.5. The molecule has 0 saturated carbocycles. The van der Waals surface area contributed by atoms with Gasteiger partial charge in [-0.25, -0.2) is 4.99 Å². The Balaban J connectivity index is 1.57. The smallest absolute Gasteiger partial charge is 0.255 e. The number of carbonyl (C=O) groups is 2. The van der Waals surface area contributed by atoms with E-state index in [1.165, 1.54) is 0 Å². The first-order valence-corrected chi connectivity index (χ1v) is 9.14. The number of pyridine rings is 1. The molecule has 0 aliphatic carbocycles. The molecule has 4 rings (SSSR count). The van der Waals surface area contributed by atoms with Crippen molar-refractivity contribution in [1.82, 2.24) is 9.88 Å². The maximum Gasteiger partial charge on any atom is 0.255 e. The largest absolute Gasteiger partial charge is 0.387 e. The van der Waals surface area contributed by atoms with Gasteiger partial charge >= 0.3 is 0 Å². The van der Waals surface area contributed by atoms with E-state index in [-0.39, 0.29) is 5.91 Å². The third-order valence-electron chi connectivity index (χ3n) is 4.89. The highest BCUT2D eigenvalue weighted by Crippen LogP contribution is 2.28. The molecule has 142 valence electrons. The quantitative estimate of drug-likeness (QED) is 0.805. The first-order chi connectivity index (χ1) is 13.5. The van der Waals surface area contributed by atoms with Crippen molar-refractivity contribution in [3.05, 3.63) is 58.4 Å². The van der Waals surface area contributed by atoms with E-state index in [4.69, 9.17) is 5.73 Å². The molecule has 0 bridgehead atoms. The minimum absolute atomic E-state index is 0.244. The van der Waals surface area contributed by atoms with Crippen molar-refractivity contribution in [2.75, 3.05) is 11.9 Å². The summed E-state index contributed by atoms with van der Waals surface area (Å²) in [5, 5.41) is 2.88. The molecule has 28 heavy (non-hydrogen) atoms. The van der Waals surface area contributed by atoms with Gasteiger partial charge in [0.1, 0.15) is 5.84 Å². The van der Waals surface area contributed by atoms with Gasteiger partial charge in [-0.05, 0) is 30.7 Å². The maximum absolute atomic E-state index is 12.7. The third-order valence-corrected chi connectivity index (χ3v) is 4.89. The first-order valence-electron chi connectivity index (χ1n) is 9.14. The van der Waals surface area contributed by atoms with Gasteiger partial charge in [-0.1, -0.05) is 17.7 Å².